The summed E-state index contributed by atoms with van der Waals surface area (Å²) in [5.41, 5.74) is 2.83. The van der Waals surface area contributed by atoms with Gasteiger partial charge in [0, 0.05) is 29.9 Å². The minimum atomic E-state index is -0.172. The maximum atomic E-state index is 12.0. The van der Waals surface area contributed by atoms with Crippen LogP contribution in [0.25, 0.3) is 22.5 Å². The number of nitrogens with zero attached hydrogens (tertiary/aromatic N) is 2. The average molecular weight is 447 g/mol. The quantitative estimate of drug-likeness (QED) is 0.157. The van der Waals surface area contributed by atoms with E-state index >= 15 is 0 Å². The molecule has 0 aliphatic carbocycles. The summed E-state index contributed by atoms with van der Waals surface area (Å²) in [7, 11) is 0. The predicted octanol–water partition coefficient (Wildman–Crippen LogP) is 7.26. The molecule has 5 nitrogen and oxygen atoms in total. The third kappa shape index (κ3) is 8.01. The van der Waals surface area contributed by atoms with Crippen LogP contribution < -0.4 is 9.47 Å². The first-order valence-electron chi connectivity index (χ1n) is 12.1. The Morgan fingerprint density at radius 3 is 1.97 bits per heavy atom. The Kier molecular flexibility index (Phi) is 9.89. The van der Waals surface area contributed by atoms with Crippen LogP contribution in [-0.2, 0) is 4.79 Å². The molecule has 2 aromatic carbocycles. The lowest BCUT2D eigenvalue weighted by atomic mass is 10.1. The van der Waals surface area contributed by atoms with E-state index in [2.05, 4.69) is 23.8 Å². The molecular formula is C28H34N2O3. The third-order valence-electron chi connectivity index (χ3n) is 5.43. The minimum Gasteiger partial charge on any atom is -0.494 e. The lowest BCUT2D eigenvalue weighted by molar-refractivity contribution is -0.134. The molecule has 1 aromatic heterocycles. The van der Waals surface area contributed by atoms with Crippen molar-refractivity contribution < 1.29 is 14.3 Å². The van der Waals surface area contributed by atoms with Gasteiger partial charge in [0.2, 0.25) is 0 Å². The molecule has 0 saturated carbocycles. The third-order valence-corrected chi connectivity index (χ3v) is 5.43. The molecule has 0 aliphatic rings. The monoisotopic (exact) mass is 446 g/mol. The molecule has 0 aliphatic heterocycles. The Balaban J connectivity index is 1.52. The van der Waals surface area contributed by atoms with Crippen LogP contribution in [0.2, 0.25) is 0 Å². The van der Waals surface area contributed by atoms with Gasteiger partial charge in [0.25, 0.3) is 0 Å². The number of hydrogen-bond donors (Lipinski definition) is 0. The summed E-state index contributed by atoms with van der Waals surface area (Å²) in [6, 6.07) is 15.3. The molecule has 0 N–H and O–H groups in total. The van der Waals surface area contributed by atoms with Gasteiger partial charge in [-0.05, 0) is 54.8 Å². The molecule has 0 bridgehead atoms. The predicted molar refractivity (Wildman–Crippen MR) is 132 cm³/mol. The standard InChI is InChI=1S/C28H34N2O3/c1-3-5-7-8-9-10-27(31)33-26-17-11-22(12-18-26)24-20-29-28(30-21-24)23-13-15-25(16-14-23)32-19-6-4-2/h11-18,20-21H,3-10,19H2,1-2H3. The molecule has 5 heteroatoms. The zero-order chi connectivity index (χ0) is 23.3. The zero-order valence-corrected chi connectivity index (χ0v) is 19.8. The molecule has 0 unspecified atom stereocenters. The molecule has 1 heterocycles. The summed E-state index contributed by atoms with van der Waals surface area (Å²) in [6.45, 7) is 5.06. The second-order valence-corrected chi connectivity index (χ2v) is 8.18. The first kappa shape index (κ1) is 24.4. The van der Waals surface area contributed by atoms with E-state index in [1.807, 2.05) is 60.9 Å². The maximum absolute atomic E-state index is 12.0. The minimum absolute atomic E-state index is 0.172. The van der Waals surface area contributed by atoms with Gasteiger partial charge in [-0.25, -0.2) is 9.97 Å². The molecule has 0 radical (unpaired) electrons. The first-order chi connectivity index (χ1) is 16.2. The van der Waals surface area contributed by atoms with Gasteiger partial charge in [-0.2, -0.15) is 0 Å². The van der Waals surface area contributed by atoms with E-state index in [-0.39, 0.29) is 5.97 Å². The van der Waals surface area contributed by atoms with Crippen LogP contribution in [0.1, 0.15) is 65.2 Å². The van der Waals surface area contributed by atoms with E-state index in [1.165, 1.54) is 19.3 Å². The number of aromatic nitrogens is 2. The number of hydrogen-bond acceptors (Lipinski definition) is 5. The maximum Gasteiger partial charge on any atom is 0.311 e. The molecule has 0 amide bonds. The van der Waals surface area contributed by atoms with E-state index in [4.69, 9.17) is 9.47 Å². The van der Waals surface area contributed by atoms with Crippen LogP contribution >= 0.6 is 0 Å². The van der Waals surface area contributed by atoms with E-state index in [0.717, 1.165) is 54.7 Å². The number of esters is 1. The second-order valence-electron chi connectivity index (χ2n) is 8.18. The highest BCUT2D eigenvalue weighted by Gasteiger charge is 2.07. The summed E-state index contributed by atoms with van der Waals surface area (Å²) in [4.78, 5) is 21.0. The fraction of sp³-hybridized carbons (Fsp3) is 0.393. The Hall–Kier alpha value is -3.21. The van der Waals surface area contributed by atoms with Crippen LogP contribution in [0.3, 0.4) is 0 Å². The number of carbonyl (C=O) groups is 1. The zero-order valence-electron chi connectivity index (χ0n) is 19.8. The van der Waals surface area contributed by atoms with Gasteiger partial charge < -0.3 is 9.47 Å². The van der Waals surface area contributed by atoms with E-state index in [1.54, 1.807) is 0 Å². The van der Waals surface area contributed by atoms with Crippen molar-refractivity contribution in [1.29, 1.82) is 0 Å². The topological polar surface area (TPSA) is 61.3 Å². The summed E-state index contributed by atoms with van der Waals surface area (Å²) in [6.07, 6.45) is 11.8. The number of carbonyl (C=O) groups excluding carboxylic acids is 1. The molecular weight excluding hydrogens is 412 g/mol. The Morgan fingerprint density at radius 1 is 0.697 bits per heavy atom. The Bertz CT molecular complexity index is 968. The highest BCUT2D eigenvalue weighted by atomic mass is 16.5. The fourth-order valence-corrected chi connectivity index (χ4v) is 3.43. The summed E-state index contributed by atoms with van der Waals surface area (Å²) in [5, 5.41) is 0. The van der Waals surface area contributed by atoms with E-state index in [0.29, 0.717) is 18.0 Å². The van der Waals surface area contributed by atoms with Crippen LogP contribution in [0, 0.1) is 0 Å². The first-order valence-corrected chi connectivity index (χ1v) is 12.1. The molecule has 3 aromatic rings. The highest BCUT2D eigenvalue weighted by molar-refractivity contribution is 5.73. The molecule has 0 atom stereocenters. The van der Waals surface area contributed by atoms with Crippen LogP contribution in [-0.4, -0.2) is 22.5 Å². The van der Waals surface area contributed by atoms with Gasteiger partial charge in [0.05, 0.1) is 6.61 Å². The van der Waals surface area contributed by atoms with Gasteiger partial charge in [-0.15, -0.1) is 0 Å². The van der Waals surface area contributed by atoms with Crippen molar-refractivity contribution in [1.82, 2.24) is 9.97 Å². The smallest absolute Gasteiger partial charge is 0.311 e. The molecule has 174 valence electrons. The van der Waals surface area contributed by atoms with Crippen LogP contribution in [0.4, 0.5) is 0 Å². The number of unbranched alkanes of at least 4 members (excludes halogenated alkanes) is 5. The molecule has 0 spiro atoms. The number of ether oxygens (including phenoxy) is 2. The summed E-state index contributed by atoms with van der Waals surface area (Å²) in [5.74, 6) is 1.93. The molecule has 33 heavy (non-hydrogen) atoms. The van der Waals surface area contributed by atoms with Crippen LogP contribution in [0.5, 0.6) is 11.5 Å². The van der Waals surface area contributed by atoms with Gasteiger partial charge in [0.1, 0.15) is 11.5 Å². The Labute approximate surface area is 197 Å². The van der Waals surface area contributed by atoms with E-state index in [9.17, 15) is 4.79 Å². The average Bonchev–Trinajstić information content (AvgIpc) is 2.85. The van der Waals surface area contributed by atoms with Crippen molar-refractivity contribution in [3.63, 3.8) is 0 Å². The lowest BCUT2D eigenvalue weighted by Gasteiger charge is -2.07. The lowest BCUT2D eigenvalue weighted by Crippen LogP contribution is -2.07. The molecule has 0 fully saturated rings. The van der Waals surface area contributed by atoms with Gasteiger partial charge in [-0.1, -0.05) is 58.1 Å². The SMILES string of the molecule is CCCCCCCC(=O)Oc1ccc(-c2cnc(-c3ccc(OCCCC)cc3)nc2)cc1. The van der Waals surface area contributed by atoms with Crippen LogP contribution in [0.15, 0.2) is 60.9 Å². The van der Waals surface area contributed by atoms with Crippen molar-refractivity contribution in [2.24, 2.45) is 0 Å². The van der Waals surface area contributed by atoms with Crippen molar-refractivity contribution in [3.05, 3.63) is 60.9 Å². The van der Waals surface area contributed by atoms with Crippen molar-refractivity contribution in [2.45, 2.75) is 65.2 Å². The van der Waals surface area contributed by atoms with Gasteiger partial charge >= 0.3 is 5.97 Å². The number of benzene rings is 2. The normalized spacial score (nSPS) is 10.7. The largest absolute Gasteiger partial charge is 0.494 e. The van der Waals surface area contributed by atoms with Crippen molar-refractivity contribution in [2.75, 3.05) is 6.61 Å². The highest BCUT2D eigenvalue weighted by Crippen LogP contribution is 2.24. The summed E-state index contributed by atoms with van der Waals surface area (Å²) >= 11 is 0. The molecule has 0 saturated heterocycles. The summed E-state index contributed by atoms with van der Waals surface area (Å²) < 4.78 is 11.2. The van der Waals surface area contributed by atoms with Crippen molar-refractivity contribution >= 4 is 5.97 Å². The fourth-order valence-electron chi connectivity index (χ4n) is 3.43. The Morgan fingerprint density at radius 2 is 1.30 bits per heavy atom. The molecule has 3 rings (SSSR count). The van der Waals surface area contributed by atoms with E-state index < -0.39 is 0 Å². The van der Waals surface area contributed by atoms with Gasteiger partial charge in [-0.3, -0.25) is 4.79 Å². The van der Waals surface area contributed by atoms with Gasteiger partial charge in [0.15, 0.2) is 5.82 Å². The number of rotatable bonds is 13. The second kappa shape index (κ2) is 13.4. The van der Waals surface area contributed by atoms with Crippen molar-refractivity contribution in [3.8, 4) is 34.0 Å².